The summed E-state index contributed by atoms with van der Waals surface area (Å²) in [6.45, 7) is 2.60. The zero-order chi connectivity index (χ0) is 69.5. The Morgan fingerprint density at radius 1 is 0.305 bits per heavy atom. The van der Waals surface area contributed by atoms with Crippen molar-refractivity contribution in [1.29, 1.82) is 0 Å². The predicted molar refractivity (Wildman–Crippen MR) is 390 cm³/mol. The number of hydrogen-bond acceptors (Lipinski definition) is 14. The van der Waals surface area contributed by atoms with Gasteiger partial charge in [0, 0.05) is 19.3 Å². The molecular weight excluding hydrogens is 1240 g/mol. The molecule has 0 aliphatic heterocycles. The van der Waals surface area contributed by atoms with Crippen LogP contribution in [0.15, 0.2) is 72.9 Å². The van der Waals surface area contributed by atoms with Crippen LogP contribution < -0.4 is 0 Å². The number of phosphoric acid groups is 2. The van der Waals surface area contributed by atoms with Crippen LogP contribution >= 0.6 is 15.6 Å². The Morgan fingerprint density at radius 3 is 0.895 bits per heavy atom. The minimum atomic E-state index is -4.92. The van der Waals surface area contributed by atoms with E-state index in [-0.39, 0.29) is 19.3 Å². The van der Waals surface area contributed by atoms with E-state index in [1.807, 2.05) is 0 Å². The van der Waals surface area contributed by atoms with Crippen molar-refractivity contribution in [2.24, 2.45) is 0 Å². The Labute approximate surface area is 579 Å². The molecule has 0 radical (unpaired) electrons. The first-order chi connectivity index (χ1) is 46.2. The minimum absolute atomic E-state index is 0.110. The molecule has 0 rings (SSSR count). The van der Waals surface area contributed by atoms with Crippen molar-refractivity contribution in [2.75, 3.05) is 39.6 Å². The van der Waals surface area contributed by atoms with E-state index in [1.165, 1.54) is 161 Å². The van der Waals surface area contributed by atoms with E-state index in [0.717, 1.165) is 122 Å². The largest absolute Gasteiger partial charge is 0.472 e. The standard InChI is InChI=1S/C77H140O16P2/c1-4-7-10-13-16-19-22-25-28-29-30-31-32-33-34-35-36-37-38-39-40-41-44-46-48-51-54-57-60-63-75(80)87-66-72(78)67-89-94(83,84)90-68-73(79)69-91-95(85,86)92-71-74(93-77(82)65-62-59-56-53-50-47-43-27-24-21-18-15-12-9-6-3)70-88-76(81)64-61-58-55-52-49-45-42-26-23-20-17-14-11-8-5-2/h7,10,16,19,25-26,28,30-31,33-34,42,72-74,78-79H,4-6,8-9,11-15,17-18,20-24,27,29,32,35-41,43-71H2,1-3H3,(H,83,84)(H,85,86)/b10-7-,19-16-,28-25-,31-30-,34-33-,42-26-. The third kappa shape index (κ3) is 72.1. The van der Waals surface area contributed by atoms with Crippen molar-refractivity contribution >= 4 is 33.6 Å². The highest BCUT2D eigenvalue weighted by Crippen LogP contribution is 2.45. The molecule has 0 aliphatic carbocycles. The Morgan fingerprint density at radius 2 is 0.558 bits per heavy atom. The van der Waals surface area contributed by atoms with Crippen LogP contribution in [0.5, 0.6) is 0 Å². The molecule has 0 aromatic rings. The van der Waals surface area contributed by atoms with Crippen LogP contribution in [-0.2, 0) is 55.8 Å². The molecule has 16 nitrogen and oxygen atoms in total. The van der Waals surface area contributed by atoms with Crippen molar-refractivity contribution in [3.05, 3.63) is 72.9 Å². The number of carbonyl (C=O) groups excluding carboxylic acids is 3. The van der Waals surface area contributed by atoms with Crippen LogP contribution in [0.25, 0.3) is 0 Å². The maximum Gasteiger partial charge on any atom is 0.472 e. The normalized spacial score (nSPS) is 14.5. The number of esters is 3. The lowest BCUT2D eigenvalue weighted by molar-refractivity contribution is -0.161. The summed E-state index contributed by atoms with van der Waals surface area (Å²) in [6, 6.07) is 0. The molecule has 0 aliphatic rings. The third-order valence-electron chi connectivity index (χ3n) is 16.4. The average molecular weight is 1380 g/mol. The summed E-state index contributed by atoms with van der Waals surface area (Å²) in [4.78, 5) is 58.5. The van der Waals surface area contributed by atoms with Crippen LogP contribution in [0.3, 0.4) is 0 Å². The van der Waals surface area contributed by atoms with Gasteiger partial charge in [-0.15, -0.1) is 0 Å². The number of aliphatic hydroxyl groups excluding tert-OH is 2. The molecule has 0 saturated carbocycles. The van der Waals surface area contributed by atoms with Gasteiger partial charge in [-0.05, 0) is 89.9 Å². The van der Waals surface area contributed by atoms with E-state index >= 15 is 0 Å². The van der Waals surface area contributed by atoms with Gasteiger partial charge in [0.05, 0.1) is 26.4 Å². The fourth-order valence-electron chi connectivity index (χ4n) is 10.6. The fraction of sp³-hybridized carbons (Fsp3) is 0.805. The first-order valence-electron chi connectivity index (χ1n) is 38.2. The summed E-state index contributed by atoms with van der Waals surface area (Å²) in [5.41, 5.74) is 0. The molecule has 18 heteroatoms. The first-order valence-corrected chi connectivity index (χ1v) is 41.2. The molecule has 95 heavy (non-hydrogen) atoms. The van der Waals surface area contributed by atoms with Gasteiger partial charge < -0.3 is 34.2 Å². The molecule has 554 valence electrons. The minimum Gasteiger partial charge on any atom is -0.463 e. The highest BCUT2D eigenvalue weighted by Gasteiger charge is 2.29. The number of phosphoric ester groups is 2. The number of aliphatic hydroxyl groups is 2. The number of hydrogen-bond donors (Lipinski definition) is 4. The molecule has 0 spiro atoms. The SMILES string of the molecule is CC/C=C\C/C=C\C/C=C\C/C=C\C/C=C\CCCCCCCCCCCCCCCC(=O)OCC(O)COP(=O)(O)OCC(O)COP(=O)(O)OCC(COC(=O)CCCCCCC/C=C\CCCCCCCC)OC(=O)CCCCCCCCCCCCCCCCC. The molecular formula is C77H140O16P2. The van der Waals surface area contributed by atoms with Gasteiger partial charge in [-0.3, -0.25) is 32.5 Å². The van der Waals surface area contributed by atoms with Gasteiger partial charge in [0.1, 0.15) is 25.4 Å². The van der Waals surface area contributed by atoms with E-state index in [4.69, 9.17) is 32.3 Å². The van der Waals surface area contributed by atoms with Crippen molar-refractivity contribution in [2.45, 2.75) is 360 Å². The van der Waals surface area contributed by atoms with Crippen LogP contribution in [-0.4, -0.2) is 95.9 Å². The van der Waals surface area contributed by atoms with Crippen molar-refractivity contribution < 1.29 is 75.8 Å². The van der Waals surface area contributed by atoms with E-state index in [2.05, 4.69) is 93.7 Å². The topological polar surface area (TPSA) is 231 Å². The second-order valence-electron chi connectivity index (χ2n) is 25.8. The fourth-order valence-corrected chi connectivity index (χ4v) is 12.2. The number of ether oxygens (including phenoxy) is 3. The van der Waals surface area contributed by atoms with Gasteiger partial charge in [-0.2, -0.15) is 0 Å². The number of unbranched alkanes of at least 4 members (excludes halogenated alkanes) is 38. The van der Waals surface area contributed by atoms with Crippen LogP contribution in [0.1, 0.15) is 342 Å². The number of rotatable bonds is 73. The van der Waals surface area contributed by atoms with Crippen LogP contribution in [0, 0.1) is 0 Å². The Bertz CT molecular complexity index is 2020. The van der Waals surface area contributed by atoms with E-state index in [1.54, 1.807) is 0 Å². The van der Waals surface area contributed by atoms with Gasteiger partial charge in [0.15, 0.2) is 6.10 Å². The summed E-state index contributed by atoms with van der Waals surface area (Å²) in [7, 11) is -9.77. The third-order valence-corrected chi connectivity index (χ3v) is 18.3. The summed E-state index contributed by atoms with van der Waals surface area (Å²) in [6.07, 6.45) is 76.7. The lowest BCUT2D eigenvalue weighted by Gasteiger charge is -2.21. The maximum absolute atomic E-state index is 12.9. The molecule has 0 saturated heterocycles. The van der Waals surface area contributed by atoms with Gasteiger partial charge in [-0.25, -0.2) is 9.13 Å². The second kappa shape index (κ2) is 70.8. The zero-order valence-electron chi connectivity index (χ0n) is 60.3. The summed E-state index contributed by atoms with van der Waals surface area (Å²) in [5.74, 6) is -1.56. The molecule has 0 aromatic carbocycles. The van der Waals surface area contributed by atoms with Crippen molar-refractivity contribution in [3.8, 4) is 0 Å². The Kier molecular flexibility index (Phi) is 68.6. The smallest absolute Gasteiger partial charge is 0.463 e. The van der Waals surface area contributed by atoms with Crippen LogP contribution in [0.4, 0.5) is 0 Å². The summed E-state index contributed by atoms with van der Waals surface area (Å²) < 4.78 is 61.1. The van der Waals surface area contributed by atoms with Gasteiger partial charge in [0.2, 0.25) is 0 Å². The molecule has 5 unspecified atom stereocenters. The monoisotopic (exact) mass is 1380 g/mol. The quantitative estimate of drug-likeness (QED) is 0.0146. The summed E-state index contributed by atoms with van der Waals surface area (Å²) in [5, 5.41) is 20.6. The molecule has 0 heterocycles. The average Bonchev–Trinajstić information content (AvgIpc) is 1.83. The van der Waals surface area contributed by atoms with Crippen LogP contribution in [0.2, 0.25) is 0 Å². The number of carbonyl (C=O) groups is 3. The Balaban J connectivity index is 4.45. The molecule has 5 atom stereocenters. The molecule has 0 bridgehead atoms. The van der Waals surface area contributed by atoms with Gasteiger partial charge >= 0.3 is 33.6 Å². The van der Waals surface area contributed by atoms with Crippen molar-refractivity contribution in [3.63, 3.8) is 0 Å². The van der Waals surface area contributed by atoms with E-state index < -0.39 is 91.5 Å². The lowest BCUT2D eigenvalue weighted by Crippen LogP contribution is -2.30. The highest BCUT2D eigenvalue weighted by molar-refractivity contribution is 7.47. The van der Waals surface area contributed by atoms with E-state index in [9.17, 15) is 43.5 Å². The van der Waals surface area contributed by atoms with E-state index in [0.29, 0.717) is 19.3 Å². The zero-order valence-corrected chi connectivity index (χ0v) is 62.1. The molecule has 4 N–H and O–H groups in total. The second-order valence-corrected chi connectivity index (χ2v) is 28.7. The maximum atomic E-state index is 12.9. The molecule has 0 amide bonds. The van der Waals surface area contributed by atoms with Crippen molar-refractivity contribution in [1.82, 2.24) is 0 Å². The first kappa shape index (κ1) is 92.0. The molecule has 0 aromatic heterocycles. The van der Waals surface area contributed by atoms with Gasteiger partial charge in [0.25, 0.3) is 0 Å². The van der Waals surface area contributed by atoms with Gasteiger partial charge in [-0.1, -0.05) is 306 Å². The molecule has 0 fully saturated rings. The lowest BCUT2D eigenvalue weighted by atomic mass is 10.0. The predicted octanol–water partition coefficient (Wildman–Crippen LogP) is 21.9. The summed E-state index contributed by atoms with van der Waals surface area (Å²) >= 11 is 0. The highest BCUT2D eigenvalue weighted by atomic mass is 31.2. The number of allylic oxidation sites excluding steroid dienone is 12. The Hall–Kier alpha value is -3.01.